The molecule has 2 aromatic carbocycles. The predicted octanol–water partition coefficient (Wildman–Crippen LogP) is 3.41. The van der Waals surface area contributed by atoms with Gasteiger partial charge in [-0.3, -0.25) is 0 Å². The molecule has 0 aliphatic heterocycles. The number of carbonyl (C=O) groups excluding carboxylic acids is 1. The van der Waals surface area contributed by atoms with Crippen LogP contribution in [0.3, 0.4) is 0 Å². The third-order valence-electron chi connectivity index (χ3n) is 4.22. The minimum atomic E-state index is -0.493. The first-order valence-electron chi connectivity index (χ1n) is 8.48. The van der Waals surface area contributed by atoms with Crippen LogP contribution >= 0.6 is 0 Å². The molecule has 1 N–H and O–H groups in total. The highest BCUT2D eigenvalue weighted by Gasteiger charge is 2.20. The highest BCUT2D eigenvalue weighted by atomic mass is 19.1. The van der Waals surface area contributed by atoms with Crippen molar-refractivity contribution in [2.24, 2.45) is 0 Å². The van der Waals surface area contributed by atoms with Crippen LogP contribution in [0.1, 0.15) is 11.1 Å². The van der Waals surface area contributed by atoms with Crippen LogP contribution in [0, 0.1) is 11.6 Å². The minimum absolute atomic E-state index is 0.131. The standard InChI is InChI=1S/C20H24F2N2O2/c1-24(18(14-26-2)12-15-6-4-3-5-7-15)20(25)23-11-10-16-13-17(21)8-9-19(16)22/h3-9,13,18H,10-12,14H2,1-2H3,(H,23,25)/t18-/m0/s1. The largest absolute Gasteiger partial charge is 0.383 e. The van der Waals surface area contributed by atoms with E-state index in [1.165, 1.54) is 0 Å². The highest BCUT2D eigenvalue weighted by Crippen LogP contribution is 2.11. The van der Waals surface area contributed by atoms with Crippen molar-refractivity contribution in [3.8, 4) is 0 Å². The zero-order chi connectivity index (χ0) is 18.9. The fourth-order valence-electron chi connectivity index (χ4n) is 2.72. The van der Waals surface area contributed by atoms with Crippen molar-refractivity contribution in [2.45, 2.75) is 18.9 Å². The monoisotopic (exact) mass is 362 g/mol. The second kappa shape index (κ2) is 9.87. The van der Waals surface area contributed by atoms with Gasteiger partial charge < -0.3 is 15.0 Å². The van der Waals surface area contributed by atoms with E-state index in [1.807, 2.05) is 30.3 Å². The lowest BCUT2D eigenvalue weighted by Gasteiger charge is -2.28. The number of methoxy groups -OCH3 is 1. The fraction of sp³-hybridized carbons (Fsp3) is 0.350. The normalized spacial score (nSPS) is 11.8. The Morgan fingerprint density at radius 2 is 1.92 bits per heavy atom. The van der Waals surface area contributed by atoms with Crippen molar-refractivity contribution in [2.75, 3.05) is 27.3 Å². The number of rotatable bonds is 8. The van der Waals surface area contributed by atoms with Crippen molar-refractivity contribution >= 4 is 6.03 Å². The van der Waals surface area contributed by atoms with E-state index in [-0.39, 0.29) is 30.6 Å². The van der Waals surface area contributed by atoms with Gasteiger partial charge in [-0.05, 0) is 42.2 Å². The number of nitrogens with zero attached hydrogens (tertiary/aromatic N) is 1. The summed E-state index contributed by atoms with van der Waals surface area (Å²) < 4.78 is 32.0. The number of benzene rings is 2. The van der Waals surface area contributed by atoms with E-state index in [1.54, 1.807) is 19.1 Å². The van der Waals surface area contributed by atoms with E-state index in [0.29, 0.717) is 13.0 Å². The SMILES string of the molecule is COC[C@H](Cc1ccccc1)N(C)C(=O)NCCc1cc(F)ccc1F. The molecule has 140 valence electrons. The van der Waals surface area contributed by atoms with Gasteiger partial charge in [-0.25, -0.2) is 13.6 Å². The fourth-order valence-corrected chi connectivity index (χ4v) is 2.72. The molecule has 0 bridgehead atoms. The minimum Gasteiger partial charge on any atom is -0.383 e. The molecule has 6 heteroatoms. The molecule has 0 saturated carbocycles. The number of nitrogens with one attached hydrogen (secondary N) is 1. The average Bonchev–Trinajstić information content (AvgIpc) is 2.64. The molecule has 4 nitrogen and oxygen atoms in total. The van der Waals surface area contributed by atoms with E-state index in [9.17, 15) is 13.6 Å². The molecular weight excluding hydrogens is 338 g/mol. The molecule has 1 atom stereocenters. The Kier molecular flexibility index (Phi) is 7.53. The van der Waals surface area contributed by atoms with E-state index >= 15 is 0 Å². The summed E-state index contributed by atoms with van der Waals surface area (Å²) >= 11 is 0. The zero-order valence-electron chi connectivity index (χ0n) is 15.0. The first-order chi connectivity index (χ1) is 12.5. The van der Waals surface area contributed by atoms with Crippen LogP contribution in [0.2, 0.25) is 0 Å². The quantitative estimate of drug-likeness (QED) is 0.782. The number of hydrogen-bond donors (Lipinski definition) is 1. The Balaban J connectivity index is 1.90. The van der Waals surface area contributed by atoms with E-state index < -0.39 is 11.6 Å². The van der Waals surface area contributed by atoms with Gasteiger partial charge in [-0.2, -0.15) is 0 Å². The number of amides is 2. The smallest absolute Gasteiger partial charge is 0.317 e. The second-order valence-corrected chi connectivity index (χ2v) is 6.13. The first-order valence-corrected chi connectivity index (χ1v) is 8.48. The molecule has 0 radical (unpaired) electrons. The molecule has 0 heterocycles. The van der Waals surface area contributed by atoms with Crippen molar-refractivity contribution in [1.82, 2.24) is 10.2 Å². The molecule has 0 spiro atoms. The Hall–Kier alpha value is -2.47. The summed E-state index contributed by atoms with van der Waals surface area (Å²) in [4.78, 5) is 14.0. The Morgan fingerprint density at radius 3 is 2.62 bits per heavy atom. The lowest BCUT2D eigenvalue weighted by Crippen LogP contribution is -2.47. The predicted molar refractivity (Wildman–Crippen MR) is 97.0 cm³/mol. The molecule has 0 unspecified atom stereocenters. The van der Waals surface area contributed by atoms with Gasteiger partial charge in [0.25, 0.3) is 0 Å². The van der Waals surface area contributed by atoms with Gasteiger partial charge in [0.1, 0.15) is 11.6 Å². The van der Waals surface area contributed by atoms with Crippen LogP contribution in [-0.2, 0) is 17.6 Å². The lowest BCUT2D eigenvalue weighted by atomic mass is 10.1. The van der Waals surface area contributed by atoms with Gasteiger partial charge in [-0.1, -0.05) is 30.3 Å². The maximum atomic E-state index is 13.6. The number of carbonyl (C=O) groups is 1. The van der Waals surface area contributed by atoms with Crippen molar-refractivity contribution in [3.63, 3.8) is 0 Å². The lowest BCUT2D eigenvalue weighted by molar-refractivity contribution is 0.115. The molecule has 0 saturated heterocycles. The van der Waals surface area contributed by atoms with Gasteiger partial charge in [0, 0.05) is 20.7 Å². The number of urea groups is 1. The van der Waals surface area contributed by atoms with Crippen molar-refractivity contribution in [3.05, 3.63) is 71.3 Å². The second-order valence-electron chi connectivity index (χ2n) is 6.13. The van der Waals surface area contributed by atoms with Crippen LogP contribution in [0.4, 0.5) is 13.6 Å². The number of ether oxygens (including phenoxy) is 1. The van der Waals surface area contributed by atoms with Gasteiger partial charge in [0.05, 0.1) is 12.6 Å². The van der Waals surface area contributed by atoms with Crippen LogP contribution in [-0.4, -0.2) is 44.3 Å². The topological polar surface area (TPSA) is 41.6 Å². The third kappa shape index (κ3) is 5.81. The highest BCUT2D eigenvalue weighted by molar-refractivity contribution is 5.74. The Bertz CT molecular complexity index is 710. The summed E-state index contributed by atoms with van der Waals surface area (Å²) in [5.41, 5.74) is 1.35. The Morgan fingerprint density at radius 1 is 1.19 bits per heavy atom. The molecule has 0 fully saturated rings. The van der Waals surface area contributed by atoms with Gasteiger partial charge in [0.15, 0.2) is 0 Å². The molecule has 2 aromatic rings. The van der Waals surface area contributed by atoms with E-state index in [2.05, 4.69) is 5.32 Å². The summed E-state index contributed by atoms with van der Waals surface area (Å²) in [6, 6.07) is 12.7. The molecule has 26 heavy (non-hydrogen) atoms. The summed E-state index contributed by atoms with van der Waals surface area (Å²) in [7, 11) is 3.29. The van der Waals surface area contributed by atoms with Crippen LogP contribution < -0.4 is 5.32 Å². The van der Waals surface area contributed by atoms with Gasteiger partial charge in [-0.15, -0.1) is 0 Å². The number of hydrogen-bond acceptors (Lipinski definition) is 2. The van der Waals surface area contributed by atoms with E-state index in [4.69, 9.17) is 4.74 Å². The number of likely N-dealkylation sites (N-methyl/N-ethyl adjacent to an activating group) is 1. The van der Waals surface area contributed by atoms with Gasteiger partial charge >= 0.3 is 6.03 Å². The first kappa shape index (κ1) is 19.8. The zero-order valence-corrected chi connectivity index (χ0v) is 15.0. The third-order valence-corrected chi connectivity index (χ3v) is 4.22. The molecule has 0 aliphatic rings. The Labute approximate surface area is 152 Å². The summed E-state index contributed by atoms with van der Waals surface area (Å²) in [6.45, 7) is 0.617. The average molecular weight is 362 g/mol. The van der Waals surface area contributed by atoms with Crippen molar-refractivity contribution in [1.29, 1.82) is 0 Å². The summed E-state index contributed by atoms with van der Waals surface area (Å²) in [6.07, 6.45) is 0.883. The number of halogens is 2. The maximum absolute atomic E-state index is 13.6. The molecule has 0 aromatic heterocycles. The van der Waals surface area contributed by atoms with Crippen molar-refractivity contribution < 1.29 is 18.3 Å². The summed E-state index contributed by atoms with van der Waals surface area (Å²) in [5.74, 6) is -0.969. The molecular formula is C20H24F2N2O2. The van der Waals surface area contributed by atoms with Crippen LogP contribution in [0.15, 0.2) is 48.5 Å². The van der Waals surface area contributed by atoms with E-state index in [0.717, 1.165) is 23.8 Å². The van der Waals surface area contributed by atoms with Crippen LogP contribution in [0.25, 0.3) is 0 Å². The van der Waals surface area contributed by atoms with Gasteiger partial charge in [0.2, 0.25) is 0 Å². The van der Waals surface area contributed by atoms with Crippen LogP contribution in [0.5, 0.6) is 0 Å². The molecule has 2 rings (SSSR count). The molecule has 2 amide bonds. The summed E-state index contributed by atoms with van der Waals surface area (Å²) in [5, 5.41) is 2.74. The molecule has 0 aliphatic carbocycles. The maximum Gasteiger partial charge on any atom is 0.317 e.